The molecular formula is C72H124IN13O13. The molecule has 0 aromatic carbocycles. The first-order valence-corrected chi connectivity index (χ1v) is 37.9. The van der Waals surface area contributed by atoms with Gasteiger partial charge < -0.3 is 65.4 Å². The van der Waals surface area contributed by atoms with Gasteiger partial charge >= 0.3 is 0 Å². The molecule has 0 aromatic rings. The summed E-state index contributed by atoms with van der Waals surface area (Å²) in [5, 5.41) is 11.7. The van der Waals surface area contributed by atoms with Crippen molar-refractivity contribution in [2.24, 2.45) is 35.5 Å². The Balaban J connectivity index is 1.92. The lowest BCUT2D eigenvalue weighted by Crippen LogP contribution is -2.61. The highest BCUT2D eigenvalue weighted by Crippen LogP contribution is 2.34. The first-order chi connectivity index (χ1) is 46.5. The minimum Gasteiger partial charge on any atom is -0.349 e. The molecule has 11 atom stereocenters. The van der Waals surface area contributed by atoms with Crippen molar-refractivity contribution in [1.82, 2.24) is 65.4 Å². The predicted octanol–water partition coefficient (Wildman–Crippen LogP) is 4.82. The van der Waals surface area contributed by atoms with Gasteiger partial charge in [-0.2, -0.15) is 0 Å². The molecule has 0 spiro atoms. The van der Waals surface area contributed by atoms with Crippen molar-refractivity contribution in [2.75, 3.05) is 96.2 Å². The zero-order valence-electron chi connectivity index (χ0n) is 63.0. The molecule has 2 unspecified atom stereocenters. The van der Waals surface area contributed by atoms with Gasteiger partial charge in [-0.05, 0) is 106 Å². The van der Waals surface area contributed by atoms with Crippen LogP contribution in [0.5, 0.6) is 0 Å². The van der Waals surface area contributed by atoms with Crippen LogP contribution in [0.2, 0.25) is 0 Å². The van der Waals surface area contributed by atoms with Crippen LogP contribution in [-0.4, -0.2) is 269 Å². The van der Waals surface area contributed by atoms with E-state index in [9.17, 15) is 43.2 Å². The van der Waals surface area contributed by atoms with E-state index in [1.165, 1.54) is 88.5 Å². The van der Waals surface area contributed by atoms with Crippen molar-refractivity contribution in [3.63, 3.8) is 0 Å². The minimum atomic E-state index is -1.43. The summed E-state index contributed by atoms with van der Waals surface area (Å²) in [7, 11) is 13.2. The smallest absolute Gasteiger partial charge is 0.245 e. The maximum absolute atomic E-state index is 15.3. The Morgan fingerprint density at radius 2 is 1.11 bits per heavy atom. The van der Waals surface area contributed by atoms with Crippen LogP contribution in [0, 0.1) is 35.5 Å². The number of carbonyl (C=O) groups is 13. The molecule has 26 nitrogen and oxygen atoms in total. The Labute approximate surface area is 604 Å². The summed E-state index contributed by atoms with van der Waals surface area (Å²) in [5.74, 6) is -8.32. The Morgan fingerprint density at radius 3 is 1.70 bits per heavy atom. The number of hydrogen-bond donors (Lipinski definition) is 4. The number of rotatable bonds is 17. The van der Waals surface area contributed by atoms with Crippen molar-refractivity contribution in [2.45, 2.75) is 249 Å². The highest BCUT2D eigenvalue weighted by atomic mass is 127. The third-order valence-corrected chi connectivity index (χ3v) is 22.0. The van der Waals surface area contributed by atoms with Gasteiger partial charge in [0.25, 0.3) is 0 Å². The summed E-state index contributed by atoms with van der Waals surface area (Å²) >= 11 is 2.40. The maximum atomic E-state index is 15.3. The van der Waals surface area contributed by atoms with Gasteiger partial charge in [-0.25, -0.2) is 0 Å². The van der Waals surface area contributed by atoms with E-state index < -0.39 is 151 Å². The van der Waals surface area contributed by atoms with Crippen LogP contribution < -0.4 is 21.3 Å². The fraction of sp³-hybridized carbons (Fsp3) is 0.819. The Hall–Kier alpha value is -6.16. The number of nitrogens with zero attached hydrogens (tertiary/aromatic N) is 9. The second-order valence-corrected chi connectivity index (χ2v) is 32.0. The molecule has 2 heterocycles. The highest BCUT2D eigenvalue weighted by Gasteiger charge is 2.43. The summed E-state index contributed by atoms with van der Waals surface area (Å²) < 4.78 is 0.321. The summed E-state index contributed by atoms with van der Waals surface area (Å²) in [6, 6.07) is -10.0. The highest BCUT2D eigenvalue weighted by molar-refractivity contribution is 14.1. The average molecular weight is 1510 g/mol. The van der Waals surface area contributed by atoms with Crippen LogP contribution in [0.3, 0.4) is 0 Å². The summed E-state index contributed by atoms with van der Waals surface area (Å²) in [5.41, 5.74) is 0. The van der Waals surface area contributed by atoms with Gasteiger partial charge in [0.15, 0.2) is 0 Å². The monoisotopic (exact) mass is 1510 g/mol. The normalized spacial score (nSPS) is 28.4. The van der Waals surface area contributed by atoms with E-state index in [0.717, 1.165) is 57.8 Å². The van der Waals surface area contributed by atoms with Crippen LogP contribution in [0.4, 0.5) is 0 Å². The van der Waals surface area contributed by atoms with Gasteiger partial charge in [-0.1, -0.05) is 136 Å². The molecule has 13 amide bonds. The van der Waals surface area contributed by atoms with E-state index in [2.05, 4.69) is 50.8 Å². The van der Waals surface area contributed by atoms with E-state index in [0.29, 0.717) is 55.0 Å². The molecule has 0 aromatic heterocycles. The SMILES string of the molecule is CCCC[C@@H]1NC(=O)[C@H](CC2CCCC(I)C2)NC(=O)CN(C)C(=O)[C@H](CC2CCC(C)CC2)N(C)C(=O)CN(C)C(=O)CN(C)C(=O)[C@H]([C@@H](C)CC)NC(=O)[C@H](CC(C)C)N(C)C(=O)C[C@@H](C(=O)N2CCCCC2)N(C)C(=O)[C@H](CC(C)C)NC(=O)[C@H](CCC(=O)N(C)C)N(C)C1=O. The van der Waals surface area contributed by atoms with Crippen molar-refractivity contribution in [1.29, 1.82) is 0 Å². The van der Waals surface area contributed by atoms with Crippen LogP contribution >= 0.6 is 22.6 Å². The molecule has 4 N–H and O–H groups in total. The molecule has 4 aliphatic rings. The van der Waals surface area contributed by atoms with Gasteiger partial charge in [0.1, 0.15) is 48.3 Å². The fourth-order valence-corrected chi connectivity index (χ4v) is 15.2. The lowest BCUT2D eigenvalue weighted by Gasteiger charge is -2.38. The van der Waals surface area contributed by atoms with E-state index in [-0.39, 0.29) is 74.5 Å². The van der Waals surface area contributed by atoms with E-state index >= 15 is 19.2 Å². The second-order valence-electron chi connectivity index (χ2n) is 30.3. The number of alkyl halides is 1. The molecule has 2 aliphatic carbocycles. The van der Waals surface area contributed by atoms with Crippen LogP contribution in [0.25, 0.3) is 0 Å². The molecule has 2 saturated carbocycles. The molecule has 2 aliphatic heterocycles. The lowest BCUT2D eigenvalue weighted by atomic mass is 9.79. The van der Waals surface area contributed by atoms with Gasteiger partial charge in [-0.15, -0.1) is 0 Å². The molecule has 562 valence electrons. The number of carbonyl (C=O) groups excluding carboxylic acids is 13. The Bertz CT molecular complexity index is 2760. The second kappa shape index (κ2) is 41.1. The molecule has 27 heteroatoms. The fourth-order valence-electron chi connectivity index (χ4n) is 14.0. The van der Waals surface area contributed by atoms with Crippen molar-refractivity contribution in [3.8, 4) is 0 Å². The molecule has 2 saturated heterocycles. The Morgan fingerprint density at radius 1 is 0.535 bits per heavy atom. The zero-order valence-corrected chi connectivity index (χ0v) is 65.1. The number of likely N-dealkylation sites (N-methyl/N-ethyl adjacent to an activating group) is 7. The van der Waals surface area contributed by atoms with Gasteiger partial charge in [0.05, 0.1) is 26.1 Å². The van der Waals surface area contributed by atoms with Gasteiger partial charge in [-0.3, -0.25) is 62.3 Å². The summed E-state index contributed by atoms with van der Waals surface area (Å²) in [6.07, 6.45) is 10.5. The first-order valence-electron chi connectivity index (χ1n) is 36.6. The predicted molar refractivity (Wildman–Crippen MR) is 388 cm³/mol. The molecule has 4 fully saturated rings. The molecule has 4 rings (SSSR count). The number of piperidine rings is 1. The molecule has 0 radical (unpaired) electrons. The third-order valence-electron chi connectivity index (χ3n) is 20.9. The molecule has 99 heavy (non-hydrogen) atoms. The molecular weight excluding hydrogens is 1380 g/mol. The summed E-state index contributed by atoms with van der Waals surface area (Å²) in [6.45, 7) is 14.4. The van der Waals surface area contributed by atoms with Gasteiger partial charge in [0.2, 0.25) is 76.8 Å². The Kier molecular flexibility index (Phi) is 35.4. The molecule has 0 bridgehead atoms. The average Bonchev–Trinajstić information content (AvgIpc) is 0.823. The number of likely N-dealkylation sites (tertiary alicyclic amines) is 1. The third kappa shape index (κ3) is 26.0. The summed E-state index contributed by atoms with van der Waals surface area (Å²) in [4.78, 5) is 203. The van der Waals surface area contributed by atoms with Crippen LogP contribution in [0.1, 0.15) is 197 Å². The number of nitrogens with one attached hydrogen (secondary N) is 4. The van der Waals surface area contributed by atoms with E-state index in [4.69, 9.17) is 0 Å². The number of halogens is 1. The van der Waals surface area contributed by atoms with Gasteiger partial charge in [0, 0.05) is 86.9 Å². The van der Waals surface area contributed by atoms with Crippen LogP contribution in [-0.2, 0) is 62.3 Å². The van der Waals surface area contributed by atoms with E-state index in [1.807, 2.05) is 41.5 Å². The number of hydrogen-bond acceptors (Lipinski definition) is 13. The number of amides is 13. The largest absolute Gasteiger partial charge is 0.349 e. The maximum Gasteiger partial charge on any atom is 0.245 e. The van der Waals surface area contributed by atoms with Crippen molar-refractivity contribution < 1.29 is 62.3 Å². The van der Waals surface area contributed by atoms with E-state index in [1.54, 1.807) is 25.9 Å². The standard InChI is InChI=1S/C72H124IN13O13/c1-18-20-27-52-68(95)84(16)55(32-33-60(88)78(9)10)66(93)76-54(36-45(3)4)69(96)85(17)58(71(98)86-34-22-21-23-35-86)41-61(89)82(14)56(37-46(5)6)67(94)77-64(48(8)19-2)72(99)81(13)43-62(90)79(11)44-63(91)83(15)57(40-49-30-28-47(7)29-31-49)70(97)80(12)42-59(87)74-53(65(92)75-52)39-50-25-24-26-51(73)38-50/h45-58,64H,18-44H2,1-17H3,(H,74,87)(H,75,92)(H,76,93)(H,77,94)/t47?,48-,49?,50?,51?,52-,53-,54-,55-,56-,57-,58-,64-/m0/s1. The van der Waals surface area contributed by atoms with Crippen LogP contribution in [0.15, 0.2) is 0 Å². The topological polar surface area (TPSA) is 299 Å². The zero-order chi connectivity index (χ0) is 74.3. The first kappa shape index (κ1) is 85.3. The number of unbranched alkanes of at least 4 members (excludes halogenated alkanes) is 1. The van der Waals surface area contributed by atoms with Crippen molar-refractivity contribution >= 4 is 99.4 Å². The quantitative estimate of drug-likeness (QED) is 0.112. The lowest BCUT2D eigenvalue weighted by molar-refractivity contribution is -0.151. The minimum absolute atomic E-state index is 0.0109. The van der Waals surface area contributed by atoms with Crippen molar-refractivity contribution in [3.05, 3.63) is 0 Å².